The van der Waals surface area contributed by atoms with Gasteiger partial charge in [-0.3, -0.25) is 4.79 Å². The first-order chi connectivity index (χ1) is 8.11. The lowest BCUT2D eigenvalue weighted by Crippen LogP contribution is -2.06. The maximum atomic E-state index is 11.5. The average molecular weight is 269 g/mol. The molecule has 2 aromatic rings. The molecule has 1 aromatic heterocycles. The summed E-state index contributed by atoms with van der Waals surface area (Å²) < 4.78 is 6.07. The van der Waals surface area contributed by atoms with Crippen LogP contribution < -0.4 is 0 Å². The van der Waals surface area contributed by atoms with Crippen LogP contribution in [0.4, 0.5) is 0 Å². The second-order valence-electron chi connectivity index (χ2n) is 3.86. The van der Waals surface area contributed by atoms with Gasteiger partial charge in [0.25, 0.3) is 0 Å². The molecule has 0 bridgehead atoms. The van der Waals surface area contributed by atoms with Gasteiger partial charge in [-0.2, -0.15) is 0 Å². The van der Waals surface area contributed by atoms with Gasteiger partial charge in [0.1, 0.15) is 0 Å². The fraction of sp³-hybridized carbons (Fsp3) is 0.308. The molecule has 0 atom stereocenters. The van der Waals surface area contributed by atoms with Crippen molar-refractivity contribution in [1.29, 1.82) is 0 Å². The zero-order valence-corrected chi connectivity index (χ0v) is 11.3. The zero-order valence-electron chi connectivity index (χ0n) is 9.75. The molecule has 0 aliphatic heterocycles. The molecule has 0 saturated heterocycles. The van der Waals surface area contributed by atoms with Crippen molar-refractivity contribution >= 4 is 39.0 Å². The molecule has 90 valence electrons. The lowest BCUT2D eigenvalue weighted by atomic mass is 10.1. The van der Waals surface area contributed by atoms with Crippen LogP contribution in [0.1, 0.15) is 18.1 Å². The minimum Gasteiger partial charge on any atom is -0.466 e. The summed E-state index contributed by atoms with van der Waals surface area (Å²) in [5.41, 5.74) is 2.08. The molecule has 0 spiro atoms. The fourth-order valence-electron chi connectivity index (χ4n) is 1.81. The summed E-state index contributed by atoms with van der Waals surface area (Å²) in [6, 6.07) is 4.01. The first-order valence-corrected chi connectivity index (χ1v) is 6.69. The number of hydrogen-bond donors (Lipinski definition) is 0. The third-order valence-corrected chi connectivity index (χ3v) is 3.76. The molecular formula is C13H13ClO2S. The second kappa shape index (κ2) is 5.07. The normalized spacial score (nSPS) is 10.8. The molecule has 0 aliphatic rings. The van der Waals surface area contributed by atoms with Crippen LogP contribution in [0.2, 0.25) is 5.02 Å². The van der Waals surface area contributed by atoms with Crippen LogP contribution >= 0.6 is 22.9 Å². The van der Waals surface area contributed by atoms with Gasteiger partial charge in [0.2, 0.25) is 0 Å². The molecule has 0 N–H and O–H groups in total. The number of carbonyl (C=O) groups excluding carboxylic acids is 1. The van der Waals surface area contributed by atoms with Crippen LogP contribution in [0.25, 0.3) is 10.1 Å². The number of hydrogen-bond acceptors (Lipinski definition) is 3. The summed E-state index contributed by atoms with van der Waals surface area (Å²) in [4.78, 5) is 11.5. The monoisotopic (exact) mass is 268 g/mol. The van der Waals surface area contributed by atoms with Crippen LogP contribution in [0.15, 0.2) is 17.5 Å². The largest absolute Gasteiger partial charge is 0.466 e. The maximum Gasteiger partial charge on any atom is 0.310 e. The van der Waals surface area contributed by atoms with Gasteiger partial charge in [-0.05, 0) is 42.5 Å². The molecule has 0 unspecified atom stereocenters. The molecule has 2 nitrogen and oxygen atoms in total. The van der Waals surface area contributed by atoms with Gasteiger partial charge in [-0.1, -0.05) is 11.6 Å². The van der Waals surface area contributed by atoms with Gasteiger partial charge < -0.3 is 4.74 Å². The topological polar surface area (TPSA) is 26.3 Å². The van der Waals surface area contributed by atoms with Gasteiger partial charge >= 0.3 is 5.97 Å². The summed E-state index contributed by atoms with van der Waals surface area (Å²) in [5, 5.41) is 3.67. The molecule has 17 heavy (non-hydrogen) atoms. The molecule has 0 aliphatic carbocycles. The van der Waals surface area contributed by atoms with E-state index in [2.05, 4.69) is 6.07 Å². The molecule has 0 fully saturated rings. The Labute approximate surface area is 109 Å². The number of ether oxygens (including phenoxy) is 1. The van der Waals surface area contributed by atoms with Crippen LogP contribution in [-0.2, 0) is 16.0 Å². The quantitative estimate of drug-likeness (QED) is 0.788. The highest BCUT2D eigenvalue weighted by Gasteiger charge is 2.12. The predicted octanol–water partition coefficient (Wildman–Crippen LogP) is 3.97. The summed E-state index contributed by atoms with van der Waals surface area (Å²) in [6.07, 6.45) is 0.288. The van der Waals surface area contributed by atoms with Crippen molar-refractivity contribution in [2.45, 2.75) is 20.3 Å². The number of fused-ring (bicyclic) bond motifs is 1. The molecule has 2 rings (SSSR count). The van der Waals surface area contributed by atoms with Crippen molar-refractivity contribution in [3.05, 3.63) is 33.7 Å². The van der Waals surface area contributed by atoms with Gasteiger partial charge in [0.05, 0.1) is 13.0 Å². The van der Waals surface area contributed by atoms with E-state index in [9.17, 15) is 4.79 Å². The summed E-state index contributed by atoms with van der Waals surface area (Å²) >= 11 is 7.83. The van der Waals surface area contributed by atoms with E-state index in [0.29, 0.717) is 11.6 Å². The molecule has 1 aromatic carbocycles. The van der Waals surface area contributed by atoms with Crippen molar-refractivity contribution < 1.29 is 9.53 Å². The van der Waals surface area contributed by atoms with E-state index in [1.807, 2.05) is 18.4 Å². The van der Waals surface area contributed by atoms with Crippen molar-refractivity contribution in [2.75, 3.05) is 6.61 Å². The highest BCUT2D eigenvalue weighted by Crippen LogP contribution is 2.33. The second-order valence-corrected chi connectivity index (χ2v) is 5.18. The number of benzene rings is 1. The van der Waals surface area contributed by atoms with Crippen LogP contribution in [0.3, 0.4) is 0 Å². The van der Waals surface area contributed by atoms with Gasteiger partial charge in [0.15, 0.2) is 0 Å². The maximum absolute atomic E-state index is 11.5. The smallest absolute Gasteiger partial charge is 0.310 e. The fourth-order valence-corrected chi connectivity index (χ4v) is 3.34. The van der Waals surface area contributed by atoms with E-state index in [1.54, 1.807) is 18.3 Å². The number of esters is 1. The minimum atomic E-state index is -0.205. The summed E-state index contributed by atoms with van der Waals surface area (Å²) in [7, 11) is 0. The molecule has 0 saturated carbocycles. The molecular weight excluding hydrogens is 256 g/mol. The lowest BCUT2D eigenvalue weighted by Gasteiger charge is -2.03. The molecule has 0 amide bonds. The minimum absolute atomic E-state index is 0.205. The van der Waals surface area contributed by atoms with E-state index in [0.717, 1.165) is 21.2 Å². The number of aryl methyl sites for hydroxylation is 1. The third-order valence-electron chi connectivity index (χ3n) is 2.49. The highest BCUT2D eigenvalue weighted by molar-refractivity contribution is 7.17. The van der Waals surface area contributed by atoms with Crippen LogP contribution in [0, 0.1) is 6.92 Å². The zero-order chi connectivity index (χ0) is 12.4. The van der Waals surface area contributed by atoms with E-state index >= 15 is 0 Å². The summed E-state index contributed by atoms with van der Waals surface area (Å²) in [5.74, 6) is -0.205. The SMILES string of the molecule is CCOC(=O)Cc1csc2cc(C)cc(Cl)c12. The Bertz CT molecular complexity index is 560. The van der Waals surface area contributed by atoms with Crippen molar-refractivity contribution in [3.8, 4) is 0 Å². The first-order valence-electron chi connectivity index (χ1n) is 5.43. The first kappa shape index (κ1) is 12.4. The van der Waals surface area contributed by atoms with Crippen molar-refractivity contribution in [3.63, 3.8) is 0 Å². The molecule has 0 radical (unpaired) electrons. The Morgan fingerprint density at radius 3 is 2.94 bits per heavy atom. The van der Waals surface area contributed by atoms with E-state index in [-0.39, 0.29) is 12.4 Å². The third kappa shape index (κ3) is 2.61. The Kier molecular flexibility index (Phi) is 3.69. The Morgan fingerprint density at radius 2 is 2.24 bits per heavy atom. The Morgan fingerprint density at radius 1 is 1.47 bits per heavy atom. The van der Waals surface area contributed by atoms with Crippen LogP contribution in [0.5, 0.6) is 0 Å². The Balaban J connectivity index is 2.39. The van der Waals surface area contributed by atoms with Crippen molar-refractivity contribution in [1.82, 2.24) is 0 Å². The number of rotatable bonds is 3. The summed E-state index contributed by atoms with van der Waals surface area (Å²) in [6.45, 7) is 4.23. The average Bonchev–Trinajstić information content (AvgIpc) is 2.61. The standard InChI is InChI=1S/C13H13ClO2S/c1-3-16-12(15)6-9-7-17-11-5-8(2)4-10(14)13(9)11/h4-5,7H,3,6H2,1-2H3. The highest BCUT2D eigenvalue weighted by atomic mass is 35.5. The van der Waals surface area contributed by atoms with E-state index < -0.39 is 0 Å². The molecule has 4 heteroatoms. The molecule has 1 heterocycles. The van der Waals surface area contributed by atoms with Crippen molar-refractivity contribution in [2.24, 2.45) is 0 Å². The lowest BCUT2D eigenvalue weighted by molar-refractivity contribution is -0.142. The number of thiophene rings is 1. The van der Waals surface area contributed by atoms with Gasteiger partial charge in [-0.15, -0.1) is 11.3 Å². The number of carbonyl (C=O) groups is 1. The van der Waals surface area contributed by atoms with E-state index in [1.165, 1.54) is 0 Å². The van der Waals surface area contributed by atoms with Crippen LogP contribution in [-0.4, -0.2) is 12.6 Å². The van der Waals surface area contributed by atoms with E-state index in [4.69, 9.17) is 16.3 Å². The Hall–Kier alpha value is -1.06. The number of halogens is 1. The predicted molar refractivity (Wildman–Crippen MR) is 71.9 cm³/mol. The van der Waals surface area contributed by atoms with Gasteiger partial charge in [0, 0.05) is 15.1 Å². The van der Waals surface area contributed by atoms with Gasteiger partial charge in [-0.25, -0.2) is 0 Å².